The first-order chi connectivity index (χ1) is 15.8. The van der Waals surface area contributed by atoms with Gasteiger partial charge >= 0.3 is 0 Å². The summed E-state index contributed by atoms with van der Waals surface area (Å²) >= 11 is 0. The highest BCUT2D eigenvalue weighted by atomic mass is 32.2. The molecule has 1 aliphatic rings. The largest absolute Gasteiger partial charge is 0.484 e. The number of hydrogen-bond donors (Lipinski definition) is 1. The van der Waals surface area contributed by atoms with E-state index in [2.05, 4.69) is 15.2 Å². The molecule has 0 saturated carbocycles. The average molecular weight is 475 g/mol. The number of aromatic nitrogens is 1. The van der Waals surface area contributed by atoms with Gasteiger partial charge in [-0.1, -0.05) is 18.2 Å². The van der Waals surface area contributed by atoms with E-state index in [1.807, 2.05) is 30.3 Å². The smallest absolute Gasteiger partial charge is 0.257 e. The van der Waals surface area contributed by atoms with E-state index in [0.29, 0.717) is 44.8 Å². The maximum absolute atomic E-state index is 12.6. The van der Waals surface area contributed by atoms with Gasteiger partial charge in [-0.15, -0.1) is 0 Å². The summed E-state index contributed by atoms with van der Waals surface area (Å²) < 4.78 is 32.1. The summed E-state index contributed by atoms with van der Waals surface area (Å²) in [5.41, 5.74) is 1.02. The van der Waals surface area contributed by atoms with Crippen LogP contribution in [-0.2, 0) is 26.0 Å². The van der Waals surface area contributed by atoms with E-state index in [9.17, 15) is 18.0 Å². The minimum absolute atomic E-state index is 0.0228. The topological polar surface area (TPSA) is 109 Å². The molecule has 3 rings (SSSR count). The van der Waals surface area contributed by atoms with E-state index < -0.39 is 10.0 Å². The zero-order valence-corrected chi connectivity index (χ0v) is 19.6. The fourth-order valence-electron chi connectivity index (χ4n) is 3.46. The van der Waals surface area contributed by atoms with Gasteiger partial charge in [0.25, 0.3) is 5.91 Å². The average Bonchev–Trinajstić information content (AvgIpc) is 2.82. The molecule has 1 aliphatic heterocycles. The summed E-state index contributed by atoms with van der Waals surface area (Å²) in [5, 5.41) is 2.60. The van der Waals surface area contributed by atoms with Crippen LogP contribution in [0.1, 0.15) is 18.9 Å². The monoisotopic (exact) mass is 474 g/mol. The van der Waals surface area contributed by atoms with Crippen molar-refractivity contribution in [3.8, 4) is 5.75 Å². The minimum atomic E-state index is -3.46. The first-order valence-corrected chi connectivity index (χ1v) is 12.6. The van der Waals surface area contributed by atoms with Crippen molar-refractivity contribution < 1.29 is 22.7 Å². The highest BCUT2D eigenvalue weighted by Gasteiger charge is 2.27. The molecule has 9 nitrogen and oxygen atoms in total. The number of sulfonamides is 1. The SMILES string of the molecule is CC(=O)CCc1ccc(OCC(=O)NCCS(=O)(=O)N2CCN(c3ccccn3)CC2)cc1. The van der Waals surface area contributed by atoms with Gasteiger partial charge in [-0.25, -0.2) is 13.4 Å². The molecule has 0 bridgehead atoms. The summed E-state index contributed by atoms with van der Waals surface area (Å²) in [5.74, 6) is 0.974. The number of anilines is 1. The number of Topliss-reactive ketones (excluding diaryl/α,β-unsaturated/α-hetero) is 1. The Hall–Kier alpha value is -2.98. The molecule has 10 heteroatoms. The van der Waals surface area contributed by atoms with Gasteiger partial charge in [-0.3, -0.25) is 4.79 Å². The molecule has 1 aromatic carbocycles. The van der Waals surface area contributed by atoms with Crippen molar-refractivity contribution in [1.82, 2.24) is 14.6 Å². The second-order valence-corrected chi connectivity index (χ2v) is 9.96. The molecule has 0 atom stereocenters. The van der Waals surface area contributed by atoms with Gasteiger partial charge < -0.3 is 19.7 Å². The van der Waals surface area contributed by atoms with E-state index in [1.54, 1.807) is 25.3 Å². The minimum Gasteiger partial charge on any atom is -0.484 e. The van der Waals surface area contributed by atoms with Crippen molar-refractivity contribution in [2.24, 2.45) is 0 Å². The standard InChI is InChI=1S/C23H30N4O5S/c1-19(28)5-6-20-7-9-21(10-8-20)32-18-23(29)25-12-17-33(30,31)27-15-13-26(14-16-27)22-4-2-3-11-24-22/h2-4,7-11H,5-6,12-18H2,1H3,(H,25,29). The lowest BCUT2D eigenvalue weighted by atomic mass is 10.1. The number of amides is 1. The Labute approximate surface area is 194 Å². The molecule has 0 unspecified atom stereocenters. The number of nitrogens with zero attached hydrogens (tertiary/aromatic N) is 3. The Morgan fingerprint density at radius 1 is 1.06 bits per heavy atom. The van der Waals surface area contributed by atoms with Gasteiger partial charge in [-0.05, 0) is 43.2 Å². The number of carbonyl (C=O) groups excluding carboxylic acids is 2. The Bertz CT molecular complexity index is 1020. The second-order valence-electron chi connectivity index (χ2n) is 7.87. The molecule has 2 heterocycles. The number of pyridine rings is 1. The van der Waals surface area contributed by atoms with Gasteiger partial charge in [-0.2, -0.15) is 4.31 Å². The number of ether oxygens (including phenoxy) is 1. The normalized spacial score (nSPS) is 14.6. The molecular formula is C23H30N4O5S. The summed E-state index contributed by atoms with van der Waals surface area (Å²) in [6.07, 6.45) is 2.88. The van der Waals surface area contributed by atoms with Crippen LogP contribution >= 0.6 is 0 Å². The summed E-state index contributed by atoms with van der Waals surface area (Å²) in [6.45, 7) is 3.31. The molecule has 0 spiro atoms. The Balaban J connectivity index is 1.35. The first kappa shape index (κ1) is 24.7. The van der Waals surface area contributed by atoms with Crippen LogP contribution < -0.4 is 15.0 Å². The number of benzene rings is 1. The molecule has 1 N–H and O–H groups in total. The Morgan fingerprint density at radius 3 is 2.42 bits per heavy atom. The third-order valence-electron chi connectivity index (χ3n) is 5.35. The number of rotatable bonds is 11. The van der Waals surface area contributed by atoms with Crippen LogP contribution in [0.2, 0.25) is 0 Å². The molecule has 2 aromatic rings. The molecule has 1 fully saturated rings. The predicted molar refractivity (Wildman–Crippen MR) is 126 cm³/mol. The number of carbonyl (C=O) groups is 2. The van der Waals surface area contributed by atoms with Crippen molar-refractivity contribution >= 4 is 27.5 Å². The number of ketones is 1. The van der Waals surface area contributed by atoms with Crippen LogP contribution in [0.15, 0.2) is 48.7 Å². The second kappa shape index (κ2) is 11.8. The zero-order chi connectivity index (χ0) is 23.7. The molecule has 33 heavy (non-hydrogen) atoms. The first-order valence-electron chi connectivity index (χ1n) is 11.0. The summed E-state index contributed by atoms with van der Waals surface area (Å²) in [7, 11) is -3.46. The molecule has 1 saturated heterocycles. The number of hydrogen-bond acceptors (Lipinski definition) is 7. The predicted octanol–water partition coefficient (Wildman–Crippen LogP) is 1.25. The van der Waals surface area contributed by atoms with Gasteiger partial charge in [0.15, 0.2) is 6.61 Å². The van der Waals surface area contributed by atoms with Gasteiger partial charge in [0.1, 0.15) is 17.4 Å². The van der Waals surface area contributed by atoms with Crippen molar-refractivity contribution in [2.75, 3.05) is 50.0 Å². The molecular weight excluding hydrogens is 444 g/mol. The molecule has 0 aliphatic carbocycles. The van der Waals surface area contributed by atoms with E-state index in [4.69, 9.17) is 4.74 Å². The van der Waals surface area contributed by atoms with Crippen LogP contribution in [0.4, 0.5) is 5.82 Å². The van der Waals surface area contributed by atoms with E-state index in [-0.39, 0.29) is 30.6 Å². The van der Waals surface area contributed by atoms with Gasteiger partial charge in [0.05, 0.1) is 5.75 Å². The third-order valence-corrected chi connectivity index (χ3v) is 7.22. The van der Waals surface area contributed by atoms with E-state index in [1.165, 1.54) is 4.31 Å². The van der Waals surface area contributed by atoms with Crippen molar-refractivity contribution in [2.45, 2.75) is 19.8 Å². The lowest BCUT2D eigenvalue weighted by Gasteiger charge is -2.34. The Morgan fingerprint density at radius 2 is 1.79 bits per heavy atom. The van der Waals surface area contributed by atoms with Crippen molar-refractivity contribution in [3.63, 3.8) is 0 Å². The summed E-state index contributed by atoms with van der Waals surface area (Å²) in [6, 6.07) is 12.9. The number of nitrogens with one attached hydrogen (secondary N) is 1. The van der Waals surface area contributed by atoms with Crippen LogP contribution in [0.5, 0.6) is 5.75 Å². The molecule has 178 valence electrons. The highest BCUT2D eigenvalue weighted by Crippen LogP contribution is 2.15. The zero-order valence-electron chi connectivity index (χ0n) is 18.8. The molecule has 1 amide bonds. The van der Waals surface area contributed by atoms with Crippen molar-refractivity contribution in [3.05, 3.63) is 54.2 Å². The van der Waals surface area contributed by atoms with Crippen LogP contribution in [0, 0.1) is 0 Å². The maximum Gasteiger partial charge on any atom is 0.257 e. The number of piperazine rings is 1. The number of aryl methyl sites for hydroxylation is 1. The van der Waals surface area contributed by atoms with E-state index >= 15 is 0 Å². The fourth-order valence-corrected chi connectivity index (χ4v) is 4.80. The molecule has 1 aromatic heterocycles. The third kappa shape index (κ3) is 7.83. The van der Waals surface area contributed by atoms with E-state index in [0.717, 1.165) is 11.4 Å². The Kier molecular flexibility index (Phi) is 8.79. The maximum atomic E-state index is 12.6. The highest BCUT2D eigenvalue weighted by molar-refractivity contribution is 7.89. The van der Waals surface area contributed by atoms with Crippen LogP contribution in [0.25, 0.3) is 0 Å². The van der Waals surface area contributed by atoms with Crippen LogP contribution in [-0.4, -0.2) is 74.5 Å². The lowest BCUT2D eigenvalue weighted by molar-refractivity contribution is -0.123. The lowest BCUT2D eigenvalue weighted by Crippen LogP contribution is -2.50. The quantitative estimate of drug-likeness (QED) is 0.522. The summed E-state index contributed by atoms with van der Waals surface area (Å²) in [4.78, 5) is 29.4. The fraction of sp³-hybridized carbons (Fsp3) is 0.435. The van der Waals surface area contributed by atoms with Gasteiger partial charge in [0.2, 0.25) is 10.0 Å². The van der Waals surface area contributed by atoms with Gasteiger partial charge in [0, 0.05) is 45.3 Å². The van der Waals surface area contributed by atoms with Crippen molar-refractivity contribution in [1.29, 1.82) is 0 Å². The molecule has 0 radical (unpaired) electrons. The van der Waals surface area contributed by atoms with Crippen LogP contribution in [0.3, 0.4) is 0 Å².